The van der Waals surface area contributed by atoms with Crippen LogP contribution in [0.15, 0.2) is 34.0 Å². The van der Waals surface area contributed by atoms with E-state index in [9.17, 15) is 9.59 Å². The van der Waals surface area contributed by atoms with Crippen LogP contribution in [0.2, 0.25) is 0 Å². The maximum atomic E-state index is 12.5. The van der Waals surface area contributed by atoms with Gasteiger partial charge in [0.25, 0.3) is 5.56 Å². The number of aryl methyl sites for hydroxylation is 2. The van der Waals surface area contributed by atoms with Gasteiger partial charge in [0, 0.05) is 9.77 Å². The Labute approximate surface area is 171 Å². The summed E-state index contributed by atoms with van der Waals surface area (Å²) < 4.78 is 0. The molecule has 1 aliphatic carbocycles. The van der Waals surface area contributed by atoms with Crippen molar-refractivity contribution >= 4 is 44.9 Å². The first-order valence-electron chi connectivity index (χ1n) is 9.20. The van der Waals surface area contributed by atoms with Crippen LogP contribution in [0.3, 0.4) is 0 Å². The van der Waals surface area contributed by atoms with Crippen LogP contribution in [0, 0.1) is 0 Å². The molecule has 2 aromatic heterocycles. The van der Waals surface area contributed by atoms with Crippen LogP contribution < -0.4 is 10.9 Å². The first-order valence-corrected chi connectivity index (χ1v) is 11.2. The predicted molar refractivity (Wildman–Crippen MR) is 115 cm³/mol. The zero-order chi connectivity index (χ0) is 19.7. The first-order chi connectivity index (χ1) is 13.5. The standard InChI is InChI=1S/C20H22N4O2S2/c1-24(11-17(25)21-13-7-3-4-8-15(13)27-2)10-16-22-19(26)18-12-6-5-9-14(12)28-20(18)23-16/h3-4,7-8H,5-6,9-11H2,1-2H3,(H,21,25)(H,22,23,26). The number of benzene rings is 1. The Hall–Kier alpha value is -2.16. The van der Waals surface area contributed by atoms with Gasteiger partial charge in [0.05, 0.1) is 24.2 Å². The van der Waals surface area contributed by atoms with Crippen molar-refractivity contribution < 1.29 is 4.79 Å². The molecular weight excluding hydrogens is 392 g/mol. The number of anilines is 1. The summed E-state index contributed by atoms with van der Waals surface area (Å²) in [5.74, 6) is 0.500. The lowest BCUT2D eigenvalue weighted by Gasteiger charge is -2.16. The molecule has 1 amide bonds. The number of aromatic amines is 1. The van der Waals surface area contributed by atoms with Gasteiger partial charge in [-0.25, -0.2) is 4.98 Å². The molecule has 0 spiro atoms. The molecule has 4 rings (SSSR count). The van der Waals surface area contributed by atoms with Crippen molar-refractivity contribution in [2.24, 2.45) is 0 Å². The Morgan fingerprint density at radius 2 is 2.18 bits per heavy atom. The van der Waals surface area contributed by atoms with E-state index in [-0.39, 0.29) is 18.0 Å². The Morgan fingerprint density at radius 3 is 3.00 bits per heavy atom. The summed E-state index contributed by atoms with van der Waals surface area (Å²) in [5, 5.41) is 3.71. The number of hydrogen-bond donors (Lipinski definition) is 2. The summed E-state index contributed by atoms with van der Waals surface area (Å²) in [6.07, 6.45) is 5.12. The van der Waals surface area contributed by atoms with Crippen molar-refractivity contribution in [3.8, 4) is 0 Å². The van der Waals surface area contributed by atoms with Gasteiger partial charge in [0.15, 0.2) is 0 Å². The number of hydrogen-bond acceptors (Lipinski definition) is 6. The maximum Gasteiger partial charge on any atom is 0.259 e. The lowest BCUT2D eigenvalue weighted by molar-refractivity contribution is -0.117. The second kappa shape index (κ2) is 8.06. The van der Waals surface area contributed by atoms with Crippen molar-refractivity contribution in [2.45, 2.75) is 30.7 Å². The molecule has 0 fully saturated rings. The number of thiophene rings is 1. The summed E-state index contributed by atoms with van der Waals surface area (Å²) >= 11 is 3.22. The molecule has 0 saturated heterocycles. The van der Waals surface area contributed by atoms with Gasteiger partial charge in [-0.05, 0) is 50.3 Å². The molecule has 0 radical (unpaired) electrons. The van der Waals surface area contributed by atoms with E-state index in [2.05, 4.69) is 15.3 Å². The number of aromatic nitrogens is 2. The molecule has 8 heteroatoms. The van der Waals surface area contributed by atoms with Gasteiger partial charge >= 0.3 is 0 Å². The molecular formula is C20H22N4O2S2. The van der Waals surface area contributed by atoms with Gasteiger partial charge in [-0.1, -0.05) is 12.1 Å². The molecule has 1 aromatic carbocycles. The Balaban J connectivity index is 1.44. The summed E-state index contributed by atoms with van der Waals surface area (Å²) in [4.78, 5) is 37.5. The number of para-hydroxylation sites is 1. The van der Waals surface area contributed by atoms with E-state index >= 15 is 0 Å². The molecule has 0 aliphatic heterocycles. The van der Waals surface area contributed by atoms with E-state index in [1.807, 2.05) is 42.5 Å². The quantitative estimate of drug-likeness (QED) is 0.606. The molecule has 146 valence electrons. The van der Waals surface area contributed by atoms with E-state index in [0.717, 1.165) is 40.1 Å². The minimum absolute atomic E-state index is 0.0638. The van der Waals surface area contributed by atoms with Crippen molar-refractivity contribution in [2.75, 3.05) is 25.2 Å². The number of carbonyl (C=O) groups excluding carboxylic acids is 1. The molecule has 2 N–H and O–H groups in total. The number of nitrogens with one attached hydrogen (secondary N) is 2. The zero-order valence-corrected chi connectivity index (χ0v) is 17.5. The van der Waals surface area contributed by atoms with Crippen LogP contribution in [0.1, 0.15) is 22.7 Å². The van der Waals surface area contributed by atoms with Crippen molar-refractivity contribution in [3.05, 3.63) is 50.9 Å². The molecule has 28 heavy (non-hydrogen) atoms. The highest BCUT2D eigenvalue weighted by Crippen LogP contribution is 2.34. The van der Waals surface area contributed by atoms with E-state index < -0.39 is 0 Å². The van der Waals surface area contributed by atoms with E-state index in [1.165, 1.54) is 10.4 Å². The molecule has 0 atom stereocenters. The Kier molecular flexibility index (Phi) is 5.52. The number of nitrogens with zero attached hydrogens (tertiary/aromatic N) is 2. The third kappa shape index (κ3) is 3.85. The predicted octanol–water partition coefficient (Wildman–Crippen LogP) is 3.27. The van der Waals surface area contributed by atoms with Gasteiger partial charge in [-0.15, -0.1) is 23.1 Å². The molecule has 3 aromatic rings. The van der Waals surface area contributed by atoms with Crippen LogP contribution in [0.5, 0.6) is 0 Å². The van der Waals surface area contributed by atoms with Crippen LogP contribution >= 0.6 is 23.1 Å². The smallest absolute Gasteiger partial charge is 0.259 e. The normalized spacial score (nSPS) is 13.2. The number of amides is 1. The third-order valence-electron chi connectivity index (χ3n) is 4.84. The minimum atomic E-state index is -0.0949. The molecule has 0 unspecified atom stereocenters. The van der Waals surface area contributed by atoms with Gasteiger partial charge in [-0.3, -0.25) is 14.5 Å². The van der Waals surface area contributed by atoms with Crippen molar-refractivity contribution in [1.29, 1.82) is 0 Å². The lowest BCUT2D eigenvalue weighted by atomic mass is 10.2. The minimum Gasteiger partial charge on any atom is -0.324 e. The second-order valence-corrected chi connectivity index (χ2v) is 8.90. The fourth-order valence-electron chi connectivity index (χ4n) is 3.62. The van der Waals surface area contributed by atoms with Crippen LogP contribution in [0.4, 0.5) is 5.69 Å². The van der Waals surface area contributed by atoms with Gasteiger partial charge in [0.2, 0.25) is 5.91 Å². The molecule has 2 heterocycles. The van der Waals surface area contributed by atoms with Crippen molar-refractivity contribution in [3.63, 3.8) is 0 Å². The summed E-state index contributed by atoms with van der Waals surface area (Å²) in [7, 11) is 1.85. The zero-order valence-electron chi connectivity index (χ0n) is 15.9. The average molecular weight is 415 g/mol. The highest BCUT2D eigenvalue weighted by Gasteiger charge is 2.21. The average Bonchev–Trinajstić information content (AvgIpc) is 3.22. The number of thioether (sulfide) groups is 1. The Bertz CT molecular complexity index is 1090. The number of fused-ring (bicyclic) bond motifs is 3. The lowest BCUT2D eigenvalue weighted by Crippen LogP contribution is -2.31. The van der Waals surface area contributed by atoms with Crippen molar-refractivity contribution in [1.82, 2.24) is 14.9 Å². The maximum absolute atomic E-state index is 12.5. The van der Waals surface area contributed by atoms with E-state index in [1.54, 1.807) is 23.1 Å². The van der Waals surface area contributed by atoms with Crippen LogP contribution in [-0.2, 0) is 24.2 Å². The SMILES string of the molecule is CSc1ccccc1NC(=O)CN(C)Cc1nc2sc3c(c2c(=O)[nH]1)CCC3. The molecule has 0 saturated carbocycles. The summed E-state index contributed by atoms with van der Waals surface area (Å²) in [6, 6.07) is 7.73. The number of rotatable bonds is 6. The van der Waals surface area contributed by atoms with Gasteiger partial charge in [-0.2, -0.15) is 0 Å². The molecule has 0 bridgehead atoms. The van der Waals surface area contributed by atoms with E-state index in [4.69, 9.17) is 0 Å². The molecule has 6 nitrogen and oxygen atoms in total. The summed E-state index contributed by atoms with van der Waals surface area (Å²) in [5.41, 5.74) is 1.93. The van der Waals surface area contributed by atoms with Gasteiger partial charge < -0.3 is 10.3 Å². The number of H-pyrrole nitrogens is 1. The largest absolute Gasteiger partial charge is 0.324 e. The monoisotopic (exact) mass is 414 g/mol. The highest BCUT2D eigenvalue weighted by atomic mass is 32.2. The number of likely N-dealkylation sites (N-methyl/N-ethyl adjacent to an activating group) is 1. The summed E-state index contributed by atoms with van der Waals surface area (Å²) in [6.45, 7) is 0.622. The first kappa shape index (κ1) is 19.2. The second-order valence-electron chi connectivity index (χ2n) is 6.97. The number of carbonyl (C=O) groups is 1. The van der Waals surface area contributed by atoms with E-state index in [0.29, 0.717) is 12.4 Å². The van der Waals surface area contributed by atoms with Crippen LogP contribution in [-0.4, -0.2) is 40.6 Å². The fourth-order valence-corrected chi connectivity index (χ4v) is 5.45. The highest BCUT2D eigenvalue weighted by molar-refractivity contribution is 7.98. The third-order valence-corrected chi connectivity index (χ3v) is 6.82. The fraction of sp³-hybridized carbons (Fsp3) is 0.350. The van der Waals surface area contributed by atoms with Crippen LogP contribution in [0.25, 0.3) is 10.2 Å². The topological polar surface area (TPSA) is 78.1 Å². The Morgan fingerprint density at radius 1 is 1.36 bits per heavy atom. The van der Waals surface area contributed by atoms with Gasteiger partial charge in [0.1, 0.15) is 10.7 Å². The molecule has 1 aliphatic rings.